The van der Waals surface area contributed by atoms with Crippen molar-refractivity contribution in [1.82, 2.24) is 10.2 Å². The van der Waals surface area contributed by atoms with Crippen LogP contribution in [-0.4, -0.2) is 55.7 Å². The molecular weight excluding hydrogens is 517 g/mol. The molecule has 2 rings (SSSR count). The first-order valence-corrected chi connectivity index (χ1v) is 11.7. The number of rotatable bonds is 11. The van der Waals surface area contributed by atoms with Gasteiger partial charge in [-0.25, -0.2) is 0 Å². The number of carbonyl (C=O) groups excluding carboxylic acids is 1. The molecule has 1 aromatic carbocycles. The van der Waals surface area contributed by atoms with Gasteiger partial charge in [-0.2, -0.15) is 0 Å². The fraction of sp³-hybridized carbons (Fsp3) is 0.680. The Kier molecular flexibility index (Phi) is 13.9. The van der Waals surface area contributed by atoms with Gasteiger partial charge in [0.2, 0.25) is 0 Å². The van der Waals surface area contributed by atoms with Crippen molar-refractivity contribution in [3.63, 3.8) is 0 Å². The van der Waals surface area contributed by atoms with Crippen molar-refractivity contribution in [3.8, 4) is 0 Å². The van der Waals surface area contributed by atoms with Gasteiger partial charge in [0.05, 0.1) is 13.2 Å². The van der Waals surface area contributed by atoms with Crippen LogP contribution in [0.25, 0.3) is 0 Å². The third kappa shape index (κ3) is 12.0. The summed E-state index contributed by atoms with van der Waals surface area (Å²) in [7, 11) is 1.85. The van der Waals surface area contributed by atoms with Crippen LogP contribution >= 0.6 is 24.0 Å². The number of ether oxygens (including phenoxy) is 2. The standard InChI is InChI=1S/C25H41N3O3.HI/c1-25(2,3)31-23(29)14-10-5-6-11-16-27-24(26-4)28-17-15-22(18-28)20-30-19-21-12-8-7-9-13-21;/h7-9,12-13,22H,5-6,10-11,14-20H2,1-4H3,(H,26,27);1H. The zero-order valence-electron chi connectivity index (χ0n) is 20.3. The van der Waals surface area contributed by atoms with Gasteiger partial charge in [0, 0.05) is 39.0 Å². The summed E-state index contributed by atoms with van der Waals surface area (Å²) >= 11 is 0. The van der Waals surface area contributed by atoms with E-state index in [4.69, 9.17) is 9.47 Å². The molecule has 0 bridgehead atoms. The Morgan fingerprint density at radius 1 is 1.16 bits per heavy atom. The van der Waals surface area contributed by atoms with E-state index >= 15 is 0 Å². The number of likely N-dealkylation sites (tertiary alicyclic amines) is 1. The molecule has 32 heavy (non-hydrogen) atoms. The van der Waals surface area contributed by atoms with E-state index in [-0.39, 0.29) is 35.5 Å². The summed E-state index contributed by atoms with van der Waals surface area (Å²) in [6.45, 7) is 10.1. The summed E-state index contributed by atoms with van der Waals surface area (Å²) in [5.74, 6) is 1.44. The number of carbonyl (C=O) groups is 1. The Hall–Kier alpha value is -1.35. The number of esters is 1. The van der Waals surface area contributed by atoms with Gasteiger partial charge in [0.1, 0.15) is 5.60 Å². The average molecular weight is 560 g/mol. The lowest BCUT2D eigenvalue weighted by Crippen LogP contribution is -2.40. The number of benzene rings is 1. The van der Waals surface area contributed by atoms with Crippen LogP contribution in [0.5, 0.6) is 0 Å². The Labute approximate surface area is 211 Å². The molecule has 0 amide bonds. The van der Waals surface area contributed by atoms with Crippen LogP contribution in [0.2, 0.25) is 0 Å². The highest BCUT2D eigenvalue weighted by Crippen LogP contribution is 2.17. The summed E-state index contributed by atoms with van der Waals surface area (Å²) in [6, 6.07) is 10.3. The minimum atomic E-state index is -0.389. The SMILES string of the molecule is CN=C(NCCCCCCC(=O)OC(C)(C)C)N1CCC(COCc2ccccc2)C1.I. The number of hydrogen-bond acceptors (Lipinski definition) is 4. The van der Waals surface area contributed by atoms with Gasteiger partial charge in [-0.15, -0.1) is 24.0 Å². The van der Waals surface area contributed by atoms with E-state index in [9.17, 15) is 4.79 Å². The van der Waals surface area contributed by atoms with Gasteiger partial charge in [0.25, 0.3) is 0 Å². The topological polar surface area (TPSA) is 63.2 Å². The highest BCUT2D eigenvalue weighted by molar-refractivity contribution is 14.0. The molecule has 1 aromatic rings. The zero-order chi connectivity index (χ0) is 22.5. The van der Waals surface area contributed by atoms with Gasteiger partial charge in [-0.3, -0.25) is 9.79 Å². The highest BCUT2D eigenvalue weighted by Gasteiger charge is 2.24. The van der Waals surface area contributed by atoms with Crippen molar-refractivity contribution >= 4 is 35.9 Å². The second kappa shape index (κ2) is 15.5. The van der Waals surface area contributed by atoms with Crippen molar-refractivity contribution in [1.29, 1.82) is 0 Å². The molecule has 0 spiro atoms. The Bertz CT molecular complexity index is 677. The van der Waals surface area contributed by atoms with E-state index in [2.05, 4.69) is 27.3 Å². The van der Waals surface area contributed by atoms with Crippen LogP contribution in [0.4, 0.5) is 0 Å². The largest absolute Gasteiger partial charge is 0.460 e. The summed E-state index contributed by atoms with van der Waals surface area (Å²) < 4.78 is 11.3. The van der Waals surface area contributed by atoms with Gasteiger partial charge < -0.3 is 19.7 Å². The Morgan fingerprint density at radius 3 is 2.56 bits per heavy atom. The third-order valence-electron chi connectivity index (χ3n) is 5.27. The van der Waals surface area contributed by atoms with E-state index in [1.807, 2.05) is 46.0 Å². The monoisotopic (exact) mass is 559 g/mol. The van der Waals surface area contributed by atoms with Crippen molar-refractivity contribution in [2.45, 2.75) is 71.5 Å². The molecule has 7 heteroatoms. The molecule has 1 heterocycles. The third-order valence-corrected chi connectivity index (χ3v) is 5.27. The molecule has 1 saturated heterocycles. The summed E-state index contributed by atoms with van der Waals surface area (Å²) in [4.78, 5) is 18.5. The first kappa shape index (κ1) is 28.7. The van der Waals surface area contributed by atoms with Crippen LogP contribution < -0.4 is 5.32 Å². The van der Waals surface area contributed by atoms with Crippen molar-refractivity contribution in [3.05, 3.63) is 35.9 Å². The maximum atomic E-state index is 11.7. The summed E-state index contributed by atoms with van der Waals surface area (Å²) in [5.41, 5.74) is 0.834. The van der Waals surface area contributed by atoms with Gasteiger partial charge in [-0.05, 0) is 45.6 Å². The number of nitrogens with one attached hydrogen (secondary N) is 1. The number of halogens is 1. The van der Waals surface area contributed by atoms with E-state index in [0.29, 0.717) is 18.9 Å². The molecule has 182 valence electrons. The van der Waals surface area contributed by atoms with Crippen molar-refractivity contribution in [2.75, 3.05) is 33.3 Å². The van der Waals surface area contributed by atoms with Crippen LogP contribution in [0.15, 0.2) is 35.3 Å². The lowest BCUT2D eigenvalue weighted by molar-refractivity contribution is -0.154. The van der Waals surface area contributed by atoms with E-state index in [1.165, 1.54) is 5.56 Å². The number of unbranched alkanes of at least 4 members (excludes halogenated alkanes) is 3. The fourth-order valence-electron chi connectivity index (χ4n) is 3.75. The lowest BCUT2D eigenvalue weighted by Gasteiger charge is -2.22. The predicted molar refractivity (Wildman–Crippen MR) is 141 cm³/mol. The Morgan fingerprint density at radius 2 is 1.88 bits per heavy atom. The second-order valence-corrected chi connectivity index (χ2v) is 9.33. The molecule has 0 saturated carbocycles. The molecule has 6 nitrogen and oxygen atoms in total. The second-order valence-electron chi connectivity index (χ2n) is 9.33. The average Bonchev–Trinajstić information content (AvgIpc) is 3.18. The molecule has 1 unspecified atom stereocenters. The van der Waals surface area contributed by atoms with Crippen molar-refractivity contribution in [2.24, 2.45) is 10.9 Å². The molecule has 1 atom stereocenters. The van der Waals surface area contributed by atoms with Gasteiger partial charge in [0.15, 0.2) is 5.96 Å². The summed E-state index contributed by atoms with van der Waals surface area (Å²) in [5, 5.41) is 3.49. The number of aliphatic imine (C=N–C) groups is 1. The lowest BCUT2D eigenvalue weighted by atomic mass is 10.1. The van der Waals surface area contributed by atoms with Crippen LogP contribution in [0.3, 0.4) is 0 Å². The van der Waals surface area contributed by atoms with E-state index < -0.39 is 0 Å². The van der Waals surface area contributed by atoms with Crippen molar-refractivity contribution < 1.29 is 14.3 Å². The van der Waals surface area contributed by atoms with Gasteiger partial charge in [-0.1, -0.05) is 43.2 Å². The molecule has 1 fully saturated rings. The first-order valence-electron chi connectivity index (χ1n) is 11.7. The maximum absolute atomic E-state index is 11.7. The summed E-state index contributed by atoms with van der Waals surface area (Å²) in [6.07, 6.45) is 5.76. The molecule has 1 N–H and O–H groups in total. The number of hydrogen-bond donors (Lipinski definition) is 1. The minimum Gasteiger partial charge on any atom is -0.460 e. The van der Waals surface area contributed by atoms with E-state index in [1.54, 1.807) is 0 Å². The molecule has 1 aliphatic heterocycles. The molecule has 0 aliphatic carbocycles. The maximum Gasteiger partial charge on any atom is 0.306 e. The molecule has 1 aliphatic rings. The highest BCUT2D eigenvalue weighted by atomic mass is 127. The van der Waals surface area contributed by atoms with Crippen LogP contribution in [0, 0.1) is 5.92 Å². The number of nitrogens with zero attached hydrogens (tertiary/aromatic N) is 2. The smallest absolute Gasteiger partial charge is 0.306 e. The normalized spacial score (nSPS) is 16.6. The zero-order valence-corrected chi connectivity index (χ0v) is 22.6. The van der Waals surface area contributed by atoms with E-state index in [0.717, 1.165) is 64.3 Å². The first-order chi connectivity index (χ1) is 14.9. The van der Waals surface area contributed by atoms with Crippen LogP contribution in [-0.2, 0) is 20.9 Å². The quantitative estimate of drug-likeness (QED) is 0.136. The molecular formula is C25H42IN3O3. The molecule has 0 radical (unpaired) electrons. The number of guanidine groups is 1. The molecule has 0 aromatic heterocycles. The Balaban J connectivity index is 0.00000512. The fourth-order valence-corrected chi connectivity index (χ4v) is 3.75. The minimum absolute atomic E-state index is 0. The van der Waals surface area contributed by atoms with Gasteiger partial charge >= 0.3 is 5.97 Å². The van der Waals surface area contributed by atoms with Crippen LogP contribution in [0.1, 0.15) is 64.9 Å². The predicted octanol–water partition coefficient (Wildman–Crippen LogP) is 5.01.